The predicted molar refractivity (Wildman–Crippen MR) is 91.3 cm³/mol. The number of hydrogen-bond donors (Lipinski definition) is 0. The van der Waals surface area contributed by atoms with Gasteiger partial charge in [-0.2, -0.15) is 5.26 Å². The zero-order valence-electron chi connectivity index (χ0n) is 12.9. The number of hydrogen-bond acceptors (Lipinski definition) is 4. The monoisotopic (exact) mass is 373 g/mol. The maximum absolute atomic E-state index is 11.9. The van der Waals surface area contributed by atoms with Crippen LogP contribution in [0, 0.1) is 11.3 Å². The molecule has 1 aromatic carbocycles. The van der Waals surface area contributed by atoms with Gasteiger partial charge in [0.2, 0.25) is 0 Å². The first-order chi connectivity index (χ1) is 11.0. The van der Waals surface area contributed by atoms with Gasteiger partial charge in [0, 0.05) is 16.1 Å². The highest BCUT2D eigenvalue weighted by Gasteiger charge is 2.15. The molecule has 0 aliphatic rings. The van der Waals surface area contributed by atoms with Gasteiger partial charge in [-0.15, -0.1) is 0 Å². The molecule has 0 radical (unpaired) electrons. The highest BCUT2D eigenvalue weighted by molar-refractivity contribution is 9.10. The molecule has 1 atom stereocenters. The molecule has 0 unspecified atom stereocenters. The summed E-state index contributed by atoms with van der Waals surface area (Å²) in [6.45, 7) is 3.69. The van der Waals surface area contributed by atoms with Crippen LogP contribution < -0.4 is 0 Å². The largest absolute Gasteiger partial charge is 0.459 e. The molecule has 1 heterocycles. The summed E-state index contributed by atoms with van der Waals surface area (Å²) in [5, 5.41) is 9.13. The van der Waals surface area contributed by atoms with Crippen molar-refractivity contribution < 1.29 is 13.9 Å². The highest BCUT2D eigenvalue weighted by Crippen LogP contribution is 2.25. The van der Waals surface area contributed by atoms with Crippen molar-refractivity contribution in [2.24, 2.45) is 0 Å². The Morgan fingerprint density at radius 2 is 2.04 bits per heavy atom. The number of carbonyl (C=O) groups is 1. The van der Waals surface area contributed by atoms with Gasteiger partial charge in [-0.25, -0.2) is 4.79 Å². The van der Waals surface area contributed by atoms with Crippen molar-refractivity contribution in [3.05, 3.63) is 52.2 Å². The molecule has 0 saturated heterocycles. The van der Waals surface area contributed by atoms with Crippen LogP contribution in [0.1, 0.15) is 26.0 Å². The smallest absolute Gasteiger partial charge is 0.349 e. The Kier molecular flexibility index (Phi) is 5.78. The first-order valence-electron chi connectivity index (χ1n) is 7.22. The lowest BCUT2D eigenvalue weighted by Gasteiger charge is -2.09. The van der Waals surface area contributed by atoms with E-state index >= 15 is 0 Å². The second-order valence-corrected chi connectivity index (χ2v) is 5.92. The number of halogens is 1. The van der Waals surface area contributed by atoms with Crippen molar-refractivity contribution >= 4 is 28.0 Å². The normalized spacial score (nSPS) is 12.5. The average molecular weight is 374 g/mol. The van der Waals surface area contributed by atoms with Gasteiger partial charge in [0.1, 0.15) is 23.2 Å². The molecular formula is C18H16BrNO3. The summed E-state index contributed by atoms with van der Waals surface area (Å²) >= 11 is 3.38. The molecule has 0 spiro atoms. The molecule has 4 nitrogen and oxygen atoms in total. The van der Waals surface area contributed by atoms with E-state index in [-0.39, 0.29) is 11.7 Å². The van der Waals surface area contributed by atoms with Gasteiger partial charge in [-0.1, -0.05) is 35.0 Å². The molecule has 0 fully saturated rings. The SMILES string of the molecule is CC[C@@H](C)OC(=O)/C(C#N)=C/c1ccc(-c2ccc(Br)cc2)o1. The van der Waals surface area contributed by atoms with E-state index in [0.29, 0.717) is 17.9 Å². The second kappa shape index (κ2) is 7.80. The molecule has 2 aromatic rings. The minimum atomic E-state index is -0.636. The first kappa shape index (κ1) is 17.0. The van der Waals surface area contributed by atoms with E-state index in [1.165, 1.54) is 6.08 Å². The molecule has 0 amide bonds. The summed E-state index contributed by atoms with van der Waals surface area (Å²) in [7, 11) is 0. The zero-order valence-corrected chi connectivity index (χ0v) is 14.5. The number of benzene rings is 1. The van der Waals surface area contributed by atoms with E-state index < -0.39 is 5.97 Å². The van der Waals surface area contributed by atoms with Gasteiger partial charge in [-0.3, -0.25) is 0 Å². The Morgan fingerprint density at radius 3 is 2.65 bits per heavy atom. The third-order valence-corrected chi connectivity index (χ3v) is 3.79. The first-order valence-corrected chi connectivity index (χ1v) is 8.01. The Hall–Kier alpha value is -2.32. The fraction of sp³-hybridized carbons (Fsp3) is 0.222. The van der Waals surface area contributed by atoms with E-state index in [2.05, 4.69) is 15.9 Å². The molecule has 118 valence electrons. The summed E-state index contributed by atoms with van der Waals surface area (Å²) in [5.74, 6) is 0.459. The molecule has 0 saturated carbocycles. The third-order valence-electron chi connectivity index (χ3n) is 3.27. The number of carbonyl (C=O) groups excluding carboxylic acids is 1. The molecule has 0 N–H and O–H groups in total. The van der Waals surface area contributed by atoms with Gasteiger partial charge in [-0.05, 0) is 37.6 Å². The number of ether oxygens (including phenoxy) is 1. The van der Waals surface area contributed by atoms with Crippen LogP contribution in [0.15, 0.2) is 50.9 Å². The van der Waals surface area contributed by atoms with E-state index in [1.54, 1.807) is 19.1 Å². The quantitative estimate of drug-likeness (QED) is 0.422. The Morgan fingerprint density at radius 1 is 1.35 bits per heavy atom. The van der Waals surface area contributed by atoms with E-state index in [0.717, 1.165) is 10.0 Å². The van der Waals surface area contributed by atoms with E-state index in [4.69, 9.17) is 14.4 Å². The summed E-state index contributed by atoms with van der Waals surface area (Å²) < 4.78 is 11.8. The van der Waals surface area contributed by atoms with Crippen LogP contribution >= 0.6 is 15.9 Å². The highest BCUT2D eigenvalue weighted by atomic mass is 79.9. The summed E-state index contributed by atoms with van der Waals surface area (Å²) in [4.78, 5) is 11.9. The number of esters is 1. The van der Waals surface area contributed by atoms with Crippen LogP contribution in [0.3, 0.4) is 0 Å². The summed E-state index contributed by atoms with van der Waals surface area (Å²) in [6, 6.07) is 13.0. The minimum absolute atomic E-state index is 0.0815. The number of nitrogens with zero attached hydrogens (tertiary/aromatic N) is 1. The van der Waals surface area contributed by atoms with Crippen molar-refractivity contribution in [2.75, 3.05) is 0 Å². The van der Waals surface area contributed by atoms with Gasteiger partial charge < -0.3 is 9.15 Å². The van der Waals surface area contributed by atoms with Crippen molar-refractivity contribution in [1.29, 1.82) is 5.26 Å². The maximum atomic E-state index is 11.9. The van der Waals surface area contributed by atoms with Crippen LogP contribution in [0.5, 0.6) is 0 Å². The van der Waals surface area contributed by atoms with Crippen LogP contribution in [0.2, 0.25) is 0 Å². The summed E-state index contributed by atoms with van der Waals surface area (Å²) in [5.41, 5.74) is 0.829. The fourth-order valence-electron chi connectivity index (χ4n) is 1.81. The Labute approximate surface area is 143 Å². The Bertz CT molecular complexity index is 753. The molecule has 0 aliphatic heterocycles. The lowest BCUT2D eigenvalue weighted by Crippen LogP contribution is -2.15. The lowest BCUT2D eigenvalue weighted by atomic mass is 10.2. The van der Waals surface area contributed by atoms with Crippen LogP contribution in [0.4, 0.5) is 0 Å². The number of furan rings is 1. The molecular weight excluding hydrogens is 358 g/mol. The molecule has 1 aromatic heterocycles. The van der Waals surface area contributed by atoms with Gasteiger partial charge >= 0.3 is 5.97 Å². The van der Waals surface area contributed by atoms with Gasteiger partial charge in [0.05, 0.1) is 6.10 Å². The molecule has 2 rings (SSSR count). The van der Waals surface area contributed by atoms with Gasteiger partial charge in [0.15, 0.2) is 0 Å². The summed E-state index contributed by atoms with van der Waals surface area (Å²) in [6.07, 6.45) is 1.86. The second-order valence-electron chi connectivity index (χ2n) is 5.00. The predicted octanol–water partition coefficient (Wildman–Crippen LogP) is 4.96. The topological polar surface area (TPSA) is 63.2 Å². The standard InChI is InChI=1S/C18H16BrNO3/c1-3-12(2)22-18(21)14(11-20)10-16-8-9-17(23-16)13-4-6-15(19)7-5-13/h4-10,12H,3H2,1-2H3/b14-10+/t12-/m1/s1. The lowest BCUT2D eigenvalue weighted by molar-refractivity contribution is -0.142. The van der Waals surface area contributed by atoms with Crippen LogP contribution in [-0.4, -0.2) is 12.1 Å². The molecule has 23 heavy (non-hydrogen) atoms. The van der Waals surface area contributed by atoms with Crippen LogP contribution in [0.25, 0.3) is 17.4 Å². The van der Waals surface area contributed by atoms with Gasteiger partial charge in [0.25, 0.3) is 0 Å². The molecule has 0 bridgehead atoms. The van der Waals surface area contributed by atoms with Crippen molar-refractivity contribution in [2.45, 2.75) is 26.4 Å². The average Bonchev–Trinajstić information content (AvgIpc) is 3.01. The molecule has 5 heteroatoms. The maximum Gasteiger partial charge on any atom is 0.349 e. The minimum Gasteiger partial charge on any atom is -0.459 e. The van der Waals surface area contributed by atoms with E-state index in [1.807, 2.05) is 37.3 Å². The zero-order chi connectivity index (χ0) is 16.8. The number of nitriles is 1. The Balaban J connectivity index is 2.20. The van der Waals surface area contributed by atoms with Crippen LogP contribution in [-0.2, 0) is 9.53 Å². The number of rotatable bonds is 5. The molecule has 0 aliphatic carbocycles. The fourth-order valence-corrected chi connectivity index (χ4v) is 2.07. The van der Waals surface area contributed by atoms with Crippen molar-refractivity contribution in [1.82, 2.24) is 0 Å². The third kappa shape index (κ3) is 4.57. The van der Waals surface area contributed by atoms with Crippen molar-refractivity contribution in [3.8, 4) is 17.4 Å². The van der Waals surface area contributed by atoms with E-state index in [9.17, 15) is 4.79 Å². The van der Waals surface area contributed by atoms with Crippen molar-refractivity contribution in [3.63, 3.8) is 0 Å².